The van der Waals surface area contributed by atoms with Gasteiger partial charge in [-0.25, -0.2) is 0 Å². The van der Waals surface area contributed by atoms with Gasteiger partial charge in [-0.05, 0) is 33.6 Å². The van der Waals surface area contributed by atoms with E-state index in [2.05, 4.69) is 39.9 Å². The molecule has 0 spiro atoms. The van der Waals surface area contributed by atoms with Crippen LogP contribution in [0.5, 0.6) is 0 Å². The van der Waals surface area contributed by atoms with E-state index in [-0.39, 0.29) is 5.54 Å². The van der Waals surface area contributed by atoms with Crippen LogP contribution in [0.25, 0.3) is 0 Å². The van der Waals surface area contributed by atoms with Gasteiger partial charge in [-0.1, -0.05) is 20.3 Å². The first-order valence-electron chi connectivity index (χ1n) is 6.94. The molecule has 0 saturated carbocycles. The Labute approximate surface area is 107 Å². The molecular formula is C14H31NO2. The molecular weight excluding hydrogens is 214 g/mol. The van der Waals surface area contributed by atoms with Crippen LogP contribution in [0.15, 0.2) is 0 Å². The average molecular weight is 245 g/mol. The normalized spacial score (nSPS) is 13.9. The van der Waals surface area contributed by atoms with E-state index in [0.717, 1.165) is 26.0 Å². The predicted octanol–water partition coefficient (Wildman–Crippen LogP) is 2.99. The average Bonchev–Trinajstić information content (AvgIpc) is 2.26. The van der Waals surface area contributed by atoms with Crippen LogP contribution in [-0.2, 0) is 9.47 Å². The lowest BCUT2D eigenvalue weighted by Gasteiger charge is -2.24. The topological polar surface area (TPSA) is 30.5 Å². The first-order chi connectivity index (χ1) is 7.99. The highest BCUT2D eigenvalue weighted by molar-refractivity contribution is 4.72. The minimum Gasteiger partial charge on any atom is -0.379 e. The molecule has 0 rings (SSSR count). The molecule has 0 bridgehead atoms. The molecule has 0 radical (unpaired) electrons. The molecule has 0 fully saturated rings. The van der Waals surface area contributed by atoms with Gasteiger partial charge in [0.05, 0.1) is 19.3 Å². The van der Waals surface area contributed by atoms with Crippen LogP contribution in [0.1, 0.15) is 53.9 Å². The summed E-state index contributed by atoms with van der Waals surface area (Å²) in [4.78, 5) is 0. The minimum atomic E-state index is 0.161. The summed E-state index contributed by atoms with van der Waals surface area (Å²) >= 11 is 0. The van der Waals surface area contributed by atoms with Gasteiger partial charge in [0.2, 0.25) is 0 Å². The molecule has 17 heavy (non-hydrogen) atoms. The van der Waals surface area contributed by atoms with Crippen LogP contribution in [-0.4, -0.2) is 38.0 Å². The van der Waals surface area contributed by atoms with Crippen molar-refractivity contribution in [3.63, 3.8) is 0 Å². The predicted molar refractivity (Wildman–Crippen MR) is 73.5 cm³/mol. The Morgan fingerprint density at radius 1 is 1.06 bits per heavy atom. The van der Waals surface area contributed by atoms with Crippen molar-refractivity contribution >= 4 is 0 Å². The SMILES string of the molecule is CCCCOCCOC(CC)CNC(C)(C)C. The van der Waals surface area contributed by atoms with Gasteiger partial charge in [-0.15, -0.1) is 0 Å². The molecule has 0 aromatic heterocycles. The smallest absolute Gasteiger partial charge is 0.0704 e. The number of ether oxygens (including phenoxy) is 2. The Hall–Kier alpha value is -0.120. The van der Waals surface area contributed by atoms with Gasteiger partial charge in [0, 0.05) is 18.7 Å². The fourth-order valence-electron chi connectivity index (χ4n) is 1.36. The molecule has 0 amide bonds. The summed E-state index contributed by atoms with van der Waals surface area (Å²) in [5.41, 5.74) is 0.161. The second-order valence-electron chi connectivity index (χ2n) is 5.50. The van der Waals surface area contributed by atoms with Crippen LogP contribution >= 0.6 is 0 Å². The van der Waals surface area contributed by atoms with Gasteiger partial charge < -0.3 is 14.8 Å². The quantitative estimate of drug-likeness (QED) is 0.600. The molecule has 104 valence electrons. The molecule has 0 saturated heterocycles. The maximum absolute atomic E-state index is 5.78. The number of rotatable bonds is 10. The summed E-state index contributed by atoms with van der Waals surface area (Å²) in [7, 11) is 0. The van der Waals surface area contributed by atoms with Crippen LogP contribution in [0.3, 0.4) is 0 Å². The van der Waals surface area contributed by atoms with Gasteiger partial charge in [0.25, 0.3) is 0 Å². The molecule has 0 aliphatic heterocycles. The van der Waals surface area contributed by atoms with Crippen molar-refractivity contribution in [2.45, 2.75) is 65.5 Å². The van der Waals surface area contributed by atoms with Crippen molar-refractivity contribution in [2.24, 2.45) is 0 Å². The monoisotopic (exact) mass is 245 g/mol. The van der Waals surface area contributed by atoms with E-state index in [9.17, 15) is 0 Å². The first kappa shape index (κ1) is 16.9. The molecule has 3 heteroatoms. The minimum absolute atomic E-state index is 0.161. The van der Waals surface area contributed by atoms with Crippen molar-refractivity contribution in [3.8, 4) is 0 Å². The molecule has 1 atom stereocenters. The zero-order chi connectivity index (χ0) is 13.1. The first-order valence-corrected chi connectivity index (χ1v) is 6.94. The van der Waals surface area contributed by atoms with Crippen molar-refractivity contribution in [2.75, 3.05) is 26.4 Å². The van der Waals surface area contributed by atoms with Crippen LogP contribution in [0.2, 0.25) is 0 Å². The molecule has 0 aliphatic carbocycles. The van der Waals surface area contributed by atoms with Crippen molar-refractivity contribution in [1.82, 2.24) is 5.32 Å². The third-order valence-corrected chi connectivity index (χ3v) is 2.54. The maximum atomic E-state index is 5.78. The van der Waals surface area contributed by atoms with E-state index in [4.69, 9.17) is 9.47 Å². The van der Waals surface area contributed by atoms with Gasteiger partial charge in [0.15, 0.2) is 0 Å². The Morgan fingerprint density at radius 3 is 2.29 bits per heavy atom. The van der Waals surface area contributed by atoms with E-state index < -0.39 is 0 Å². The second kappa shape index (κ2) is 9.86. The van der Waals surface area contributed by atoms with E-state index in [1.807, 2.05) is 0 Å². The highest BCUT2D eigenvalue weighted by Gasteiger charge is 2.12. The maximum Gasteiger partial charge on any atom is 0.0704 e. The fraction of sp³-hybridized carbons (Fsp3) is 1.00. The van der Waals surface area contributed by atoms with Crippen LogP contribution in [0.4, 0.5) is 0 Å². The van der Waals surface area contributed by atoms with E-state index in [1.54, 1.807) is 0 Å². The lowest BCUT2D eigenvalue weighted by Crippen LogP contribution is -2.41. The van der Waals surface area contributed by atoms with Gasteiger partial charge >= 0.3 is 0 Å². The molecule has 0 aliphatic rings. The largest absolute Gasteiger partial charge is 0.379 e. The lowest BCUT2D eigenvalue weighted by molar-refractivity contribution is 0.00121. The molecule has 0 aromatic carbocycles. The van der Waals surface area contributed by atoms with E-state index in [1.165, 1.54) is 6.42 Å². The zero-order valence-electron chi connectivity index (χ0n) is 12.3. The lowest BCUT2D eigenvalue weighted by atomic mass is 10.1. The Kier molecular flexibility index (Phi) is 9.79. The summed E-state index contributed by atoms with van der Waals surface area (Å²) in [6.07, 6.45) is 3.67. The molecule has 0 heterocycles. The molecule has 3 nitrogen and oxygen atoms in total. The van der Waals surface area contributed by atoms with E-state index >= 15 is 0 Å². The summed E-state index contributed by atoms with van der Waals surface area (Å²) in [5.74, 6) is 0. The van der Waals surface area contributed by atoms with E-state index in [0.29, 0.717) is 19.3 Å². The number of unbranched alkanes of at least 4 members (excludes halogenated alkanes) is 1. The van der Waals surface area contributed by atoms with Gasteiger partial charge in [0.1, 0.15) is 0 Å². The van der Waals surface area contributed by atoms with Crippen LogP contribution < -0.4 is 5.32 Å². The molecule has 0 aromatic rings. The summed E-state index contributed by atoms with van der Waals surface area (Å²) in [6, 6.07) is 0. The Morgan fingerprint density at radius 2 is 1.76 bits per heavy atom. The summed E-state index contributed by atoms with van der Waals surface area (Å²) in [5, 5.41) is 3.47. The van der Waals surface area contributed by atoms with Crippen molar-refractivity contribution < 1.29 is 9.47 Å². The van der Waals surface area contributed by atoms with Crippen LogP contribution in [0, 0.1) is 0 Å². The standard InChI is InChI=1S/C14H31NO2/c1-6-8-9-16-10-11-17-13(7-2)12-15-14(3,4)5/h13,15H,6-12H2,1-5H3. The molecule has 1 N–H and O–H groups in total. The zero-order valence-corrected chi connectivity index (χ0v) is 12.3. The van der Waals surface area contributed by atoms with Crippen molar-refractivity contribution in [1.29, 1.82) is 0 Å². The van der Waals surface area contributed by atoms with Gasteiger partial charge in [-0.2, -0.15) is 0 Å². The second-order valence-corrected chi connectivity index (χ2v) is 5.50. The summed E-state index contributed by atoms with van der Waals surface area (Å²) in [6.45, 7) is 14.0. The number of hydrogen-bond acceptors (Lipinski definition) is 3. The third-order valence-electron chi connectivity index (χ3n) is 2.54. The third kappa shape index (κ3) is 12.1. The number of hydrogen-bond donors (Lipinski definition) is 1. The number of nitrogens with one attached hydrogen (secondary N) is 1. The highest BCUT2D eigenvalue weighted by atomic mass is 16.5. The Bertz CT molecular complexity index is 166. The van der Waals surface area contributed by atoms with Gasteiger partial charge in [-0.3, -0.25) is 0 Å². The fourth-order valence-corrected chi connectivity index (χ4v) is 1.36. The summed E-state index contributed by atoms with van der Waals surface area (Å²) < 4.78 is 11.2. The highest BCUT2D eigenvalue weighted by Crippen LogP contribution is 2.02. The Balaban J connectivity index is 3.48. The molecule has 1 unspecified atom stereocenters. The van der Waals surface area contributed by atoms with Crippen molar-refractivity contribution in [3.05, 3.63) is 0 Å².